The molecule has 1 aliphatic rings. The molecule has 1 unspecified atom stereocenters. The monoisotopic (exact) mass is 452 g/mol. The number of nitrogens with zero attached hydrogens (tertiary/aromatic N) is 2. The topological polar surface area (TPSA) is 83.5 Å². The number of aliphatic hydroxyl groups excluding tert-OH is 1. The van der Waals surface area contributed by atoms with Crippen LogP contribution in [0.1, 0.15) is 23.2 Å². The van der Waals surface area contributed by atoms with Gasteiger partial charge >= 0.3 is 0 Å². The van der Waals surface area contributed by atoms with E-state index in [0.29, 0.717) is 18.9 Å². The lowest BCUT2D eigenvalue weighted by Gasteiger charge is -2.12. The molecule has 0 saturated heterocycles. The van der Waals surface area contributed by atoms with Gasteiger partial charge in [0.1, 0.15) is 0 Å². The number of benzene rings is 1. The number of nitrogens with two attached hydrogens (primary N) is 1. The minimum Gasteiger partial charge on any atom is -0.396 e. The van der Waals surface area contributed by atoms with E-state index in [1.807, 2.05) is 24.3 Å². The zero-order valence-corrected chi connectivity index (χ0v) is 16.5. The molecule has 0 fully saturated rings. The van der Waals surface area contributed by atoms with E-state index < -0.39 is 0 Å². The van der Waals surface area contributed by atoms with Gasteiger partial charge in [-0.3, -0.25) is 9.98 Å². The number of halogens is 1. The number of hydrogen-bond donors (Lipinski definition) is 3. The van der Waals surface area contributed by atoms with Gasteiger partial charge in [0.05, 0.1) is 0 Å². The molecule has 4 N–H and O–H groups in total. The van der Waals surface area contributed by atoms with Crippen molar-refractivity contribution in [3.8, 4) is 0 Å². The molecular weight excluding hydrogens is 427 g/mol. The largest absolute Gasteiger partial charge is 0.396 e. The molecule has 2 aromatic rings. The van der Waals surface area contributed by atoms with Crippen molar-refractivity contribution < 1.29 is 5.11 Å². The number of aliphatic imine (C=N–C) groups is 1. The molecule has 0 saturated carbocycles. The van der Waals surface area contributed by atoms with Crippen LogP contribution in [0.3, 0.4) is 0 Å². The molecule has 0 aliphatic heterocycles. The Balaban J connectivity index is 0.00000225. The van der Waals surface area contributed by atoms with E-state index in [0.717, 1.165) is 17.8 Å². The lowest BCUT2D eigenvalue weighted by molar-refractivity contribution is 0.229. The lowest BCUT2D eigenvalue weighted by Crippen LogP contribution is -2.25. The quantitative estimate of drug-likeness (QED) is 0.358. The van der Waals surface area contributed by atoms with Gasteiger partial charge in [-0.25, -0.2) is 0 Å². The highest BCUT2D eigenvalue weighted by atomic mass is 127. The van der Waals surface area contributed by atoms with Crippen LogP contribution in [0, 0.1) is 5.92 Å². The van der Waals surface area contributed by atoms with Crippen LogP contribution in [0.2, 0.25) is 0 Å². The third kappa shape index (κ3) is 5.67. The Morgan fingerprint density at radius 1 is 1.24 bits per heavy atom. The van der Waals surface area contributed by atoms with Crippen LogP contribution in [0.25, 0.3) is 0 Å². The van der Waals surface area contributed by atoms with Crippen molar-refractivity contribution in [3.63, 3.8) is 0 Å². The highest BCUT2D eigenvalue weighted by Crippen LogP contribution is 2.24. The summed E-state index contributed by atoms with van der Waals surface area (Å²) in [6.45, 7) is 0.531. The Bertz CT molecular complexity index is 706. The Morgan fingerprint density at radius 3 is 2.84 bits per heavy atom. The molecule has 0 amide bonds. The Morgan fingerprint density at radius 2 is 2.08 bits per heavy atom. The number of guanidine groups is 1. The highest BCUT2D eigenvalue weighted by Gasteiger charge is 2.12. The molecule has 0 bridgehead atoms. The van der Waals surface area contributed by atoms with Crippen molar-refractivity contribution in [2.24, 2.45) is 16.6 Å². The fraction of sp³-hybridized carbons (Fsp3) is 0.368. The number of aromatic nitrogens is 1. The van der Waals surface area contributed by atoms with Gasteiger partial charge in [-0.15, -0.1) is 24.0 Å². The first-order valence-electron chi connectivity index (χ1n) is 8.44. The van der Waals surface area contributed by atoms with E-state index >= 15 is 0 Å². The molecule has 1 aliphatic carbocycles. The zero-order valence-electron chi connectivity index (χ0n) is 14.2. The summed E-state index contributed by atoms with van der Waals surface area (Å²) in [5, 5.41) is 12.7. The van der Waals surface area contributed by atoms with Crippen LogP contribution in [-0.4, -0.2) is 29.2 Å². The molecule has 1 heterocycles. The van der Waals surface area contributed by atoms with Gasteiger partial charge in [0.15, 0.2) is 5.96 Å². The van der Waals surface area contributed by atoms with Crippen LogP contribution in [0.15, 0.2) is 47.6 Å². The average molecular weight is 452 g/mol. The van der Waals surface area contributed by atoms with Gasteiger partial charge in [0.25, 0.3) is 0 Å². The molecule has 0 radical (unpaired) electrons. The van der Waals surface area contributed by atoms with Crippen molar-refractivity contribution in [2.75, 3.05) is 18.5 Å². The van der Waals surface area contributed by atoms with E-state index in [2.05, 4.69) is 27.4 Å². The van der Waals surface area contributed by atoms with Gasteiger partial charge in [-0.1, -0.05) is 12.1 Å². The fourth-order valence-corrected chi connectivity index (χ4v) is 3.07. The zero-order chi connectivity index (χ0) is 16.8. The second-order valence-corrected chi connectivity index (χ2v) is 6.26. The predicted octanol–water partition coefficient (Wildman–Crippen LogP) is 2.77. The lowest BCUT2D eigenvalue weighted by atomic mass is 10.0. The molecule has 134 valence electrons. The SMILES string of the molecule is I.NC(=NCC(CO)Cc1ccccn1)Nc1ccc2c(c1)CCC2. The summed E-state index contributed by atoms with van der Waals surface area (Å²) >= 11 is 0. The number of aliphatic hydroxyl groups is 1. The summed E-state index contributed by atoms with van der Waals surface area (Å²) in [4.78, 5) is 8.66. The van der Waals surface area contributed by atoms with Crippen LogP contribution in [0.4, 0.5) is 5.69 Å². The fourth-order valence-electron chi connectivity index (χ4n) is 3.07. The average Bonchev–Trinajstić information content (AvgIpc) is 3.07. The van der Waals surface area contributed by atoms with Crippen LogP contribution >= 0.6 is 24.0 Å². The van der Waals surface area contributed by atoms with Crippen LogP contribution in [-0.2, 0) is 19.3 Å². The van der Waals surface area contributed by atoms with Gasteiger partial charge in [0.2, 0.25) is 0 Å². The van der Waals surface area contributed by atoms with Crippen molar-refractivity contribution in [1.82, 2.24) is 4.98 Å². The van der Waals surface area contributed by atoms with Gasteiger partial charge in [0, 0.05) is 36.6 Å². The summed E-state index contributed by atoms with van der Waals surface area (Å²) in [6, 6.07) is 12.2. The molecule has 5 nitrogen and oxygen atoms in total. The van der Waals surface area contributed by atoms with E-state index in [4.69, 9.17) is 5.73 Å². The number of fused-ring (bicyclic) bond motifs is 1. The number of aryl methyl sites for hydroxylation is 2. The standard InChI is InChI=1S/C19H24N4O.HI/c20-19(23-18-8-7-15-4-3-5-16(15)11-18)22-12-14(13-24)10-17-6-1-2-9-21-17;/h1-2,6-9,11,14,24H,3-5,10,12-13H2,(H3,20,22,23);1H. The van der Waals surface area contributed by atoms with Crippen LogP contribution in [0.5, 0.6) is 0 Å². The van der Waals surface area contributed by atoms with Gasteiger partial charge in [-0.2, -0.15) is 0 Å². The summed E-state index contributed by atoms with van der Waals surface area (Å²) in [5.41, 5.74) is 10.8. The molecule has 6 heteroatoms. The van der Waals surface area contributed by atoms with Crippen molar-refractivity contribution >= 4 is 35.6 Å². The van der Waals surface area contributed by atoms with Crippen LogP contribution < -0.4 is 11.1 Å². The maximum Gasteiger partial charge on any atom is 0.193 e. The normalized spacial score (nSPS) is 14.5. The minimum absolute atomic E-state index is 0. The second-order valence-electron chi connectivity index (χ2n) is 6.26. The summed E-state index contributed by atoms with van der Waals surface area (Å²) in [6.07, 6.45) is 5.99. The second kappa shape index (κ2) is 9.72. The first kappa shape index (κ1) is 19.7. The number of anilines is 1. The molecule has 1 atom stereocenters. The van der Waals surface area contributed by atoms with Crippen molar-refractivity contribution in [1.29, 1.82) is 0 Å². The van der Waals surface area contributed by atoms with E-state index in [1.54, 1.807) is 6.20 Å². The molecule has 1 aromatic carbocycles. The maximum atomic E-state index is 9.54. The maximum absolute atomic E-state index is 9.54. The first-order chi connectivity index (χ1) is 11.7. The highest BCUT2D eigenvalue weighted by molar-refractivity contribution is 14.0. The van der Waals surface area contributed by atoms with Gasteiger partial charge < -0.3 is 16.2 Å². The minimum atomic E-state index is 0. The molecule has 1 aromatic heterocycles. The third-order valence-corrected chi connectivity index (χ3v) is 4.37. The number of hydrogen-bond acceptors (Lipinski definition) is 3. The molecule has 0 spiro atoms. The van der Waals surface area contributed by atoms with E-state index in [9.17, 15) is 5.11 Å². The number of rotatable bonds is 6. The number of nitrogens with one attached hydrogen (secondary N) is 1. The summed E-state index contributed by atoms with van der Waals surface area (Å²) < 4.78 is 0. The molecule has 25 heavy (non-hydrogen) atoms. The Hall–Kier alpha value is -1.67. The summed E-state index contributed by atoms with van der Waals surface area (Å²) in [5.74, 6) is 0.396. The van der Waals surface area contributed by atoms with Gasteiger partial charge in [-0.05, 0) is 61.1 Å². The number of pyridine rings is 1. The molecular formula is C19H25IN4O. The third-order valence-electron chi connectivity index (χ3n) is 4.37. The Kier molecular flexibility index (Phi) is 7.64. The van der Waals surface area contributed by atoms with E-state index in [1.165, 1.54) is 24.0 Å². The van der Waals surface area contributed by atoms with Crippen molar-refractivity contribution in [2.45, 2.75) is 25.7 Å². The van der Waals surface area contributed by atoms with Crippen molar-refractivity contribution in [3.05, 3.63) is 59.4 Å². The summed E-state index contributed by atoms with van der Waals surface area (Å²) in [7, 11) is 0. The Labute approximate surface area is 165 Å². The molecule has 3 rings (SSSR count). The first-order valence-corrected chi connectivity index (χ1v) is 8.44. The predicted molar refractivity (Wildman–Crippen MR) is 113 cm³/mol. The smallest absolute Gasteiger partial charge is 0.193 e. The van der Waals surface area contributed by atoms with E-state index in [-0.39, 0.29) is 36.5 Å².